The van der Waals surface area contributed by atoms with Crippen LogP contribution in [-0.4, -0.2) is 29.1 Å². The van der Waals surface area contributed by atoms with Gasteiger partial charge in [-0.25, -0.2) is 0 Å². The van der Waals surface area contributed by atoms with Gasteiger partial charge < -0.3 is 14.4 Å². The van der Waals surface area contributed by atoms with Crippen molar-refractivity contribution in [2.24, 2.45) is 0 Å². The number of aliphatic hydroxyl groups excluding tert-OH is 1. The Kier molecular flexibility index (Phi) is 5.71. The number of Topliss-reactive ketones (excluding diaryl/α,β-unsaturated/α-hetero) is 1. The van der Waals surface area contributed by atoms with Gasteiger partial charge in [-0.3, -0.25) is 14.5 Å². The fraction of sp³-hybridized carbons (Fsp3) is 0.174. The summed E-state index contributed by atoms with van der Waals surface area (Å²) in [6.45, 7) is 3.48. The molecule has 9 heteroatoms. The highest BCUT2D eigenvalue weighted by Gasteiger charge is 2.48. The zero-order valence-electron chi connectivity index (χ0n) is 17.3. The Morgan fingerprint density at radius 1 is 1.09 bits per heavy atom. The molecule has 1 fully saturated rings. The topological polar surface area (TPSA) is 92.9 Å². The number of carbonyl (C=O) groups excluding carboxylic acids is 2. The largest absolute Gasteiger partial charge is 0.507 e. The average molecular weight is 473 g/mol. The number of aliphatic hydroxyl groups is 1. The lowest BCUT2D eigenvalue weighted by atomic mass is 9.94. The molecule has 0 saturated carbocycles. The molecule has 1 amide bonds. The normalized spacial score (nSPS) is 17.8. The van der Waals surface area contributed by atoms with Gasteiger partial charge in [0.25, 0.3) is 5.78 Å². The molecule has 2 aromatic carbocycles. The Hall–Kier alpha value is -3.29. The lowest BCUT2D eigenvalue weighted by molar-refractivity contribution is -0.132. The zero-order chi connectivity index (χ0) is 23.2. The first-order valence-corrected chi connectivity index (χ1v) is 10.3. The summed E-state index contributed by atoms with van der Waals surface area (Å²) in [5, 5.41) is 15.6. The molecular weight excluding hydrogens is 455 g/mol. The lowest BCUT2D eigenvalue weighted by Crippen LogP contribution is -2.29. The van der Waals surface area contributed by atoms with Crippen LogP contribution in [-0.2, 0) is 9.59 Å². The maximum atomic E-state index is 13.1. The first kappa shape index (κ1) is 21.9. The minimum absolute atomic E-state index is 0.0985. The molecule has 164 valence electrons. The van der Waals surface area contributed by atoms with Crippen LogP contribution >= 0.6 is 23.2 Å². The van der Waals surface area contributed by atoms with Crippen molar-refractivity contribution in [3.05, 3.63) is 80.5 Å². The summed E-state index contributed by atoms with van der Waals surface area (Å²) in [4.78, 5) is 27.3. The van der Waals surface area contributed by atoms with Crippen molar-refractivity contribution in [1.29, 1.82) is 0 Å². The first-order valence-electron chi connectivity index (χ1n) is 9.57. The maximum Gasteiger partial charge on any atom is 0.301 e. The molecule has 1 N–H and O–H groups in total. The predicted octanol–water partition coefficient (Wildman–Crippen LogP) is 5.23. The molecule has 1 saturated heterocycles. The van der Waals surface area contributed by atoms with Crippen LogP contribution in [0.25, 0.3) is 5.76 Å². The number of halogens is 2. The van der Waals surface area contributed by atoms with Crippen molar-refractivity contribution < 1.29 is 24.0 Å². The van der Waals surface area contributed by atoms with Crippen LogP contribution in [0.4, 0.5) is 5.82 Å². The fourth-order valence-corrected chi connectivity index (χ4v) is 4.02. The Labute approximate surface area is 193 Å². The molecule has 1 atom stereocenters. The molecule has 3 aromatic rings. The monoisotopic (exact) mass is 472 g/mol. The molecule has 1 aliphatic rings. The third-order valence-electron chi connectivity index (χ3n) is 5.23. The Bertz CT molecular complexity index is 1280. The number of nitrogens with zero attached hydrogens (tertiary/aromatic N) is 2. The van der Waals surface area contributed by atoms with E-state index < -0.39 is 17.7 Å². The summed E-state index contributed by atoms with van der Waals surface area (Å²) in [5.74, 6) is -0.797. The van der Waals surface area contributed by atoms with Gasteiger partial charge in [0.1, 0.15) is 17.3 Å². The van der Waals surface area contributed by atoms with Crippen LogP contribution < -0.4 is 9.64 Å². The van der Waals surface area contributed by atoms with Crippen molar-refractivity contribution in [2.75, 3.05) is 12.0 Å². The van der Waals surface area contributed by atoms with E-state index in [9.17, 15) is 14.7 Å². The lowest BCUT2D eigenvalue weighted by Gasteiger charge is -2.23. The van der Waals surface area contributed by atoms with E-state index in [1.165, 1.54) is 18.1 Å². The van der Waals surface area contributed by atoms with Gasteiger partial charge in [0.15, 0.2) is 5.82 Å². The van der Waals surface area contributed by atoms with Crippen LogP contribution in [0.3, 0.4) is 0 Å². The summed E-state index contributed by atoms with van der Waals surface area (Å²) >= 11 is 12.3. The number of hydrogen-bond donors (Lipinski definition) is 1. The van der Waals surface area contributed by atoms with Crippen LogP contribution in [0.2, 0.25) is 10.0 Å². The van der Waals surface area contributed by atoms with Crippen molar-refractivity contribution in [1.82, 2.24) is 5.16 Å². The zero-order valence-corrected chi connectivity index (χ0v) is 18.9. The highest BCUT2D eigenvalue weighted by Crippen LogP contribution is 2.43. The molecule has 0 radical (unpaired) electrons. The molecule has 32 heavy (non-hydrogen) atoms. The van der Waals surface area contributed by atoms with E-state index in [-0.39, 0.29) is 22.2 Å². The van der Waals surface area contributed by atoms with Gasteiger partial charge in [-0.15, -0.1) is 0 Å². The number of ether oxygens (including phenoxy) is 1. The van der Waals surface area contributed by atoms with Gasteiger partial charge in [0, 0.05) is 11.6 Å². The molecular formula is C23H18Cl2N2O5. The molecule has 0 bridgehead atoms. The van der Waals surface area contributed by atoms with E-state index in [4.69, 9.17) is 32.5 Å². The number of benzene rings is 2. The van der Waals surface area contributed by atoms with Crippen LogP contribution in [0, 0.1) is 13.8 Å². The van der Waals surface area contributed by atoms with Crippen molar-refractivity contribution in [2.45, 2.75) is 19.9 Å². The van der Waals surface area contributed by atoms with Gasteiger partial charge in [0.2, 0.25) is 0 Å². The predicted molar refractivity (Wildman–Crippen MR) is 120 cm³/mol. The molecule has 2 heterocycles. The van der Waals surface area contributed by atoms with Gasteiger partial charge >= 0.3 is 5.91 Å². The number of amides is 1. The third kappa shape index (κ3) is 3.63. The minimum Gasteiger partial charge on any atom is -0.507 e. The number of anilines is 1. The van der Waals surface area contributed by atoms with Crippen molar-refractivity contribution >= 4 is 46.5 Å². The highest BCUT2D eigenvalue weighted by molar-refractivity contribution is 6.51. The van der Waals surface area contributed by atoms with Crippen molar-refractivity contribution in [3.8, 4) is 5.75 Å². The Balaban J connectivity index is 1.95. The Morgan fingerprint density at radius 3 is 2.44 bits per heavy atom. The standard InChI is InChI=1S/C23H18Cl2N2O5/c1-11-8-14(5-7-17(11)31-3)21(28)19-20(13-4-6-15(24)16(25)10-13)27(23(30)22(19)29)18-9-12(2)32-26-18/h4-10,20,28H,1-3H3/t20-/m1/s1. The average Bonchev–Trinajstić information content (AvgIpc) is 3.30. The number of carbonyl (C=O) groups is 2. The molecule has 1 aliphatic heterocycles. The van der Waals surface area contributed by atoms with E-state index in [0.29, 0.717) is 27.7 Å². The molecule has 0 unspecified atom stereocenters. The van der Waals surface area contributed by atoms with Gasteiger partial charge in [-0.05, 0) is 55.3 Å². The number of aromatic nitrogens is 1. The number of ketones is 1. The molecule has 7 nitrogen and oxygen atoms in total. The number of rotatable bonds is 4. The van der Waals surface area contributed by atoms with Crippen LogP contribution in [0.1, 0.15) is 28.5 Å². The second kappa shape index (κ2) is 8.33. The summed E-state index contributed by atoms with van der Waals surface area (Å²) in [5.41, 5.74) is 1.50. The van der Waals surface area contributed by atoms with Crippen LogP contribution in [0.15, 0.2) is 52.6 Å². The van der Waals surface area contributed by atoms with E-state index in [1.807, 2.05) is 6.92 Å². The molecule has 0 aliphatic carbocycles. The van der Waals surface area contributed by atoms with E-state index in [0.717, 1.165) is 5.56 Å². The van der Waals surface area contributed by atoms with Gasteiger partial charge in [-0.2, -0.15) is 0 Å². The third-order valence-corrected chi connectivity index (χ3v) is 5.97. The maximum absolute atomic E-state index is 13.1. The fourth-order valence-electron chi connectivity index (χ4n) is 3.71. The highest BCUT2D eigenvalue weighted by atomic mass is 35.5. The quantitative estimate of drug-likeness (QED) is 0.317. The van der Waals surface area contributed by atoms with E-state index in [2.05, 4.69) is 5.16 Å². The Morgan fingerprint density at radius 2 is 1.84 bits per heavy atom. The summed E-state index contributed by atoms with van der Waals surface area (Å²) in [6, 6.07) is 10.3. The summed E-state index contributed by atoms with van der Waals surface area (Å²) in [6.07, 6.45) is 0. The number of methoxy groups -OCH3 is 1. The molecule has 4 rings (SSSR count). The smallest absolute Gasteiger partial charge is 0.301 e. The summed E-state index contributed by atoms with van der Waals surface area (Å²) in [7, 11) is 1.54. The van der Waals surface area contributed by atoms with E-state index >= 15 is 0 Å². The molecule has 1 aromatic heterocycles. The number of hydrogen-bond acceptors (Lipinski definition) is 6. The van der Waals surface area contributed by atoms with Crippen molar-refractivity contribution in [3.63, 3.8) is 0 Å². The second-order valence-electron chi connectivity index (χ2n) is 7.32. The first-order chi connectivity index (χ1) is 15.2. The number of aryl methyl sites for hydroxylation is 2. The van der Waals surface area contributed by atoms with E-state index in [1.54, 1.807) is 43.3 Å². The minimum atomic E-state index is -0.989. The van der Waals surface area contributed by atoms with Crippen LogP contribution in [0.5, 0.6) is 5.75 Å². The summed E-state index contributed by atoms with van der Waals surface area (Å²) < 4.78 is 10.4. The van der Waals surface area contributed by atoms with Gasteiger partial charge in [-0.1, -0.05) is 34.4 Å². The second-order valence-corrected chi connectivity index (χ2v) is 8.14. The molecule has 0 spiro atoms. The SMILES string of the molecule is COc1ccc(C(O)=C2C(=O)C(=O)N(c3cc(C)on3)[C@@H]2c2ccc(Cl)c(Cl)c2)cc1C. The van der Waals surface area contributed by atoms with Gasteiger partial charge in [0.05, 0.1) is 28.8 Å².